The lowest BCUT2D eigenvalue weighted by atomic mass is 10.1. The van der Waals surface area contributed by atoms with Crippen LogP contribution in [-0.2, 0) is 14.3 Å². The van der Waals surface area contributed by atoms with E-state index < -0.39 is 23.2 Å². The average Bonchev–Trinajstić information content (AvgIpc) is 2.92. The Labute approximate surface area is 169 Å². The third kappa shape index (κ3) is 4.46. The lowest BCUT2D eigenvalue weighted by Crippen LogP contribution is -2.42. The molecule has 1 aliphatic heterocycles. The van der Waals surface area contributed by atoms with Crippen molar-refractivity contribution in [3.63, 3.8) is 0 Å². The molecule has 142 valence electrons. The Kier molecular flexibility index (Phi) is 6.93. The maximum atomic E-state index is 12.5. The van der Waals surface area contributed by atoms with Gasteiger partial charge in [0.25, 0.3) is 11.1 Å². The molecule has 1 aliphatic rings. The molecule has 0 aromatic heterocycles. The Hall–Kier alpha value is -2.44. The summed E-state index contributed by atoms with van der Waals surface area (Å²) in [6.45, 7) is 1.50. The van der Waals surface area contributed by atoms with Gasteiger partial charge in [-0.2, -0.15) is 0 Å². The highest BCUT2D eigenvalue weighted by atomic mass is 79.9. The highest BCUT2D eigenvalue weighted by Crippen LogP contribution is 2.39. The molecule has 27 heavy (non-hydrogen) atoms. The van der Waals surface area contributed by atoms with Crippen LogP contribution in [0.2, 0.25) is 0 Å². The zero-order valence-corrected chi connectivity index (χ0v) is 17.2. The smallest absolute Gasteiger partial charge is 0.328 e. The fourth-order valence-corrected chi connectivity index (χ4v) is 3.80. The minimum Gasteiger partial charge on any atom is -0.493 e. The van der Waals surface area contributed by atoms with Crippen molar-refractivity contribution in [2.75, 3.05) is 20.8 Å². The maximum absolute atomic E-state index is 12.5. The van der Waals surface area contributed by atoms with Crippen LogP contribution in [0.3, 0.4) is 0 Å². The molecule has 0 unspecified atom stereocenters. The van der Waals surface area contributed by atoms with Crippen molar-refractivity contribution in [2.24, 2.45) is 0 Å². The highest BCUT2D eigenvalue weighted by Gasteiger charge is 2.41. The average molecular weight is 454 g/mol. The number of carbonyl (C=O) groups excluding carboxylic acids is 3. The number of carbonyl (C=O) groups is 3. The van der Waals surface area contributed by atoms with E-state index >= 15 is 0 Å². The largest absolute Gasteiger partial charge is 0.493 e. The number of ether oxygens (including phenoxy) is 3. The molecule has 0 aliphatic carbocycles. The Balaban J connectivity index is 2.35. The third-order valence-corrected chi connectivity index (χ3v) is 5.08. The number of imide groups is 1. The summed E-state index contributed by atoms with van der Waals surface area (Å²) >= 11 is 4.12. The molecule has 2 amide bonds. The Bertz CT molecular complexity index is 860. The normalized spacial score (nSPS) is 16.3. The summed E-state index contributed by atoms with van der Waals surface area (Å²) in [5, 5.41) is -0.538. The van der Waals surface area contributed by atoms with Crippen LogP contribution in [-0.4, -0.2) is 48.9 Å². The molecule has 2 rings (SSSR count). The molecule has 0 radical (unpaired) electrons. The SMILES string of the molecule is C#CCOc1c(Br)cc(/C=C2/SC(=O)N([C@H](C)C(=O)OC)C2=O)cc1OC. The minimum absolute atomic E-state index is 0.0681. The van der Waals surface area contributed by atoms with Crippen LogP contribution in [0.25, 0.3) is 6.08 Å². The molecule has 1 heterocycles. The second-order valence-corrected chi connectivity index (χ2v) is 7.13. The number of amides is 2. The molecule has 0 bridgehead atoms. The zero-order chi connectivity index (χ0) is 20.1. The first-order chi connectivity index (χ1) is 12.8. The van der Waals surface area contributed by atoms with Gasteiger partial charge in [-0.3, -0.25) is 14.5 Å². The minimum atomic E-state index is -1.01. The van der Waals surface area contributed by atoms with E-state index in [1.165, 1.54) is 27.2 Å². The van der Waals surface area contributed by atoms with Gasteiger partial charge in [0.1, 0.15) is 12.6 Å². The summed E-state index contributed by atoms with van der Waals surface area (Å²) in [4.78, 5) is 37.4. The van der Waals surface area contributed by atoms with Gasteiger partial charge in [0.05, 0.1) is 23.6 Å². The van der Waals surface area contributed by atoms with Gasteiger partial charge < -0.3 is 14.2 Å². The second-order valence-electron chi connectivity index (χ2n) is 5.28. The molecule has 1 aromatic rings. The van der Waals surface area contributed by atoms with Gasteiger partial charge in [-0.25, -0.2) is 4.79 Å². The van der Waals surface area contributed by atoms with Crippen LogP contribution < -0.4 is 9.47 Å². The number of hydrogen-bond donors (Lipinski definition) is 0. The van der Waals surface area contributed by atoms with Crippen molar-refractivity contribution < 1.29 is 28.6 Å². The van der Waals surface area contributed by atoms with E-state index in [2.05, 4.69) is 26.6 Å². The van der Waals surface area contributed by atoms with Gasteiger partial charge in [-0.1, -0.05) is 5.92 Å². The van der Waals surface area contributed by atoms with Gasteiger partial charge >= 0.3 is 5.97 Å². The van der Waals surface area contributed by atoms with E-state index in [9.17, 15) is 14.4 Å². The van der Waals surface area contributed by atoms with Crippen molar-refractivity contribution in [3.05, 3.63) is 27.1 Å². The monoisotopic (exact) mass is 453 g/mol. The Morgan fingerprint density at radius 1 is 1.41 bits per heavy atom. The summed E-state index contributed by atoms with van der Waals surface area (Å²) in [5.74, 6) is 1.98. The molecule has 0 N–H and O–H groups in total. The van der Waals surface area contributed by atoms with Gasteiger partial charge in [0.15, 0.2) is 11.5 Å². The van der Waals surface area contributed by atoms with Crippen molar-refractivity contribution >= 4 is 50.9 Å². The number of nitrogens with zero attached hydrogens (tertiary/aromatic N) is 1. The number of esters is 1. The van der Waals surface area contributed by atoms with Gasteiger partial charge in [0.2, 0.25) is 0 Å². The van der Waals surface area contributed by atoms with Crippen LogP contribution in [0.15, 0.2) is 21.5 Å². The summed E-state index contributed by atoms with van der Waals surface area (Å²) in [6.07, 6.45) is 6.74. The molecule has 7 nitrogen and oxygen atoms in total. The number of hydrogen-bond acceptors (Lipinski definition) is 7. The second kappa shape index (κ2) is 8.97. The van der Waals surface area contributed by atoms with Crippen LogP contribution in [0, 0.1) is 12.3 Å². The number of thioether (sulfide) groups is 1. The van der Waals surface area contributed by atoms with Gasteiger partial charge in [0, 0.05) is 0 Å². The van der Waals surface area contributed by atoms with Crippen molar-refractivity contribution in [1.82, 2.24) is 4.90 Å². The molecule has 1 fully saturated rings. The van der Waals surface area contributed by atoms with E-state index in [1.807, 2.05) is 0 Å². The van der Waals surface area contributed by atoms with E-state index in [-0.39, 0.29) is 11.5 Å². The number of halogens is 1. The number of terminal acetylenes is 1. The molecular weight excluding hydrogens is 438 g/mol. The van der Waals surface area contributed by atoms with E-state index in [0.717, 1.165) is 16.7 Å². The van der Waals surface area contributed by atoms with Crippen molar-refractivity contribution in [1.29, 1.82) is 0 Å². The molecule has 1 atom stereocenters. The van der Waals surface area contributed by atoms with E-state index in [0.29, 0.717) is 21.5 Å². The van der Waals surface area contributed by atoms with Gasteiger partial charge in [-0.05, 0) is 58.4 Å². The van der Waals surface area contributed by atoms with Crippen LogP contribution in [0.4, 0.5) is 4.79 Å². The Morgan fingerprint density at radius 3 is 2.70 bits per heavy atom. The summed E-state index contributed by atoms with van der Waals surface area (Å²) in [5.41, 5.74) is 0.600. The molecule has 1 saturated heterocycles. The molecule has 9 heteroatoms. The first-order valence-corrected chi connectivity index (χ1v) is 9.23. The fraction of sp³-hybridized carbons (Fsp3) is 0.278. The molecule has 0 spiro atoms. The van der Waals surface area contributed by atoms with Crippen molar-refractivity contribution in [3.8, 4) is 23.8 Å². The van der Waals surface area contributed by atoms with Gasteiger partial charge in [-0.15, -0.1) is 6.42 Å². The third-order valence-electron chi connectivity index (χ3n) is 3.60. The Morgan fingerprint density at radius 2 is 2.11 bits per heavy atom. The highest BCUT2D eigenvalue weighted by molar-refractivity contribution is 9.10. The summed E-state index contributed by atoms with van der Waals surface area (Å²) < 4.78 is 15.9. The van der Waals surface area contributed by atoms with Crippen LogP contribution in [0.1, 0.15) is 12.5 Å². The summed E-state index contributed by atoms with van der Waals surface area (Å²) in [6, 6.07) is 2.34. The van der Waals surface area contributed by atoms with Crippen LogP contribution >= 0.6 is 27.7 Å². The maximum Gasteiger partial charge on any atom is 0.328 e. The number of methoxy groups -OCH3 is 2. The summed E-state index contributed by atoms with van der Waals surface area (Å²) in [7, 11) is 2.67. The van der Waals surface area contributed by atoms with Crippen LogP contribution in [0.5, 0.6) is 11.5 Å². The zero-order valence-electron chi connectivity index (χ0n) is 14.8. The first kappa shape index (κ1) is 20.9. The van der Waals surface area contributed by atoms with Crippen molar-refractivity contribution in [2.45, 2.75) is 13.0 Å². The van der Waals surface area contributed by atoms with E-state index in [4.69, 9.17) is 15.9 Å². The predicted molar refractivity (Wildman–Crippen MR) is 104 cm³/mol. The molecular formula is C18H16BrNO6S. The standard InChI is InChI=1S/C18H16BrNO6S/c1-5-6-26-15-12(19)7-11(8-13(15)24-3)9-14-16(21)20(18(23)27-14)10(2)17(22)25-4/h1,7-10H,6H2,2-4H3/b14-9+/t10-/m1/s1. The quantitative estimate of drug-likeness (QED) is 0.371. The molecule has 1 aromatic carbocycles. The molecule has 0 saturated carbocycles. The first-order valence-electron chi connectivity index (χ1n) is 7.62. The predicted octanol–water partition coefficient (Wildman–Crippen LogP) is 3.07. The fourth-order valence-electron chi connectivity index (χ4n) is 2.32. The number of rotatable bonds is 6. The number of benzene rings is 1. The lowest BCUT2D eigenvalue weighted by molar-refractivity contribution is -0.148. The van der Waals surface area contributed by atoms with E-state index in [1.54, 1.807) is 12.1 Å². The topological polar surface area (TPSA) is 82.1 Å². The lowest BCUT2D eigenvalue weighted by Gasteiger charge is -2.18.